The molecule has 1 saturated heterocycles. The Hall–Kier alpha value is -2.99. The summed E-state index contributed by atoms with van der Waals surface area (Å²) >= 11 is 0. The van der Waals surface area contributed by atoms with E-state index in [-0.39, 0.29) is 23.8 Å². The van der Waals surface area contributed by atoms with E-state index in [9.17, 15) is 9.59 Å². The lowest BCUT2D eigenvalue weighted by atomic mass is 9.93. The molecule has 180 valence electrons. The number of hydrazone groups is 1. The van der Waals surface area contributed by atoms with Crippen molar-refractivity contribution in [2.75, 3.05) is 26.2 Å². The second-order valence-electron chi connectivity index (χ2n) is 9.48. The summed E-state index contributed by atoms with van der Waals surface area (Å²) in [6.07, 6.45) is 2.15. The number of amides is 1. The van der Waals surface area contributed by atoms with Crippen molar-refractivity contribution in [2.24, 2.45) is 11.0 Å². The number of benzene rings is 2. The Bertz CT molecular complexity index is 1090. The van der Waals surface area contributed by atoms with Gasteiger partial charge in [0.05, 0.1) is 30.8 Å². The standard InChI is InChI=1S/C28H35N3O3/c1-5-34-28(33)22-12-14-30(15-13-22)18-27(32)31-26(23-9-7-6-8-20(23)3)17-25(29-31)24-16-19(2)10-11-21(24)4/h6-11,16,22,26H,5,12-15,17-18H2,1-4H3/t26-/m1/s1. The van der Waals surface area contributed by atoms with E-state index in [2.05, 4.69) is 56.0 Å². The van der Waals surface area contributed by atoms with Crippen LogP contribution in [0.5, 0.6) is 0 Å². The van der Waals surface area contributed by atoms with Gasteiger partial charge in [-0.2, -0.15) is 5.10 Å². The molecule has 2 aromatic carbocycles. The van der Waals surface area contributed by atoms with Crippen LogP contribution in [0.25, 0.3) is 0 Å². The van der Waals surface area contributed by atoms with Gasteiger partial charge in [-0.05, 0) is 76.4 Å². The maximum atomic E-state index is 13.5. The average Bonchev–Trinajstić information content (AvgIpc) is 3.27. The molecule has 6 heteroatoms. The van der Waals surface area contributed by atoms with Gasteiger partial charge in [0.15, 0.2) is 0 Å². The number of esters is 1. The van der Waals surface area contributed by atoms with Crippen LogP contribution in [0, 0.1) is 26.7 Å². The molecular weight excluding hydrogens is 426 g/mol. The van der Waals surface area contributed by atoms with E-state index in [1.807, 2.05) is 19.1 Å². The molecule has 2 aliphatic rings. The summed E-state index contributed by atoms with van der Waals surface area (Å²) in [6, 6.07) is 14.5. The van der Waals surface area contributed by atoms with E-state index >= 15 is 0 Å². The Morgan fingerprint density at radius 3 is 2.47 bits per heavy atom. The molecule has 0 spiro atoms. The first-order chi connectivity index (χ1) is 16.4. The molecule has 0 N–H and O–H groups in total. The minimum Gasteiger partial charge on any atom is -0.466 e. The monoisotopic (exact) mass is 461 g/mol. The molecule has 0 bridgehead atoms. The summed E-state index contributed by atoms with van der Waals surface area (Å²) < 4.78 is 5.17. The summed E-state index contributed by atoms with van der Waals surface area (Å²) in [5.41, 5.74) is 6.74. The summed E-state index contributed by atoms with van der Waals surface area (Å²) in [6.45, 7) is 10.2. The van der Waals surface area contributed by atoms with Crippen LogP contribution in [-0.4, -0.2) is 53.7 Å². The van der Waals surface area contributed by atoms with Crippen LogP contribution >= 0.6 is 0 Å². The Kier molecular flexibility index (Phi) is 7.47. The molecule has 0 radical (unpaired) electrons. The van der Waals surface area contributed by atoms with E-state index in [1.165, 1.54) is 11.1 Å². The van der Waals surface area contributed by atoms with Gasteiger partial charge in [-0.3, -0.25) is 14.5 Å². The van der Waals surface area contributed by atoms with Crippen LogP contribution in [-0.2, 0) is 14.3 Å². The molecule has 0 aliphatic carbocycles. The number of aryl methyl sites for hydroxylation is 3. The highest BCUT2D eigenvalue weighted by molar-refractivity contribution is 6.04. The molecule has 0 aromatic heterocycles. The highest BCUT2D eigenvalue weighted by Gasteiger charge is 2.35. The van der Waals surface area contributed by atoms with Crippen LogP contribution in [0.4, 0.5) is 0 Å². The van der Waals surface area contributed by atoms with E-state index in [1.54, 1.807) is 5.01 Å². The van der Waals surface area contributed by atoms with Crippen LogP contribution in [0.2, 0.25) is 0 Å². The number of ether oxygens (including phenoxy) is 1. The number of rotatable bonds is 6. The average molecular weight is 462 g/mol. The Morgan fingerprint density at radius 1 is 1.03 bits per heavy atom. The molecule has 2 heterocycles. The normalized spacial score (nSPS) is 19.2. The first kappa shape index (κ1) is 24.1. The Morgan fingerprint density at radius 2 is 1.76 bits per heavy atom. The molecule has 1 atom stereocenters. The Labute approximate surface area is 202 Å². The zero-order chi connectivity index (χ0) is 24.2. The van der Waals surface area contributed by atoms with Crippen LogP contribution in [0.15, 0.2) is 47.6 Å². The summed E-state index contributed by atoms with van der Waals surface area (Å²) in [4.78, 5) is 27.7. The van der Waals surface area contributed by atoms with Crippen molar-refractivity contribution in [1.82, 2.24) is 9.91 Å². The first-order valence-electron chi connectivity index (χ1n) is 12.3. The fourth-order valence-corrected chi connectivity index (χ4v) is 5.00. The molecule has 6 nitrogen and oxygen atoms in total. The van der Waals surface area contributed by atoms with Gasteiger partial charge in [0.2, 0.25) is 0 Å². The molecule has 1 amide bonds. The van der Waals surface area contributed by atoms with Gasteiger partial charge in [-0.1, -0.05) is 42.0 Å². The van der Waals surface area contributed by atoms with E-state index in [0.29, 0.717) is 32.7 Å². The predicted molar refractivity (Wildman–Crippen MR) is 134 cm³/mol. The molecule has 2 aliphatic heterocycles. The van der Waals surface area contributed by atoms with Crippen molar-refractivity contribution in [3.8, 4) is 0 Å². The summed E-state index contributed by atoms with van der Waals surface area (Å²) in [5, 5.41) is 6.60. The number of piperidine rings is 1. The van der Waals surface area contributed by atoms with Gasteiger partial charge in [0.25, 0.3) is 5.91 Å². The van der Waals surface area contributed by atoms with Gasteiger partial charge in [-0.15, -0.1) is 0 Å². The number of carbonyl (C=O) groups is 2. The molecule has 34 heavy (non-hydrogen) atoms. The number of hydrogen-bond donors (Lipinski definition) is 0. The van der Waals surface area contributed by atoms with Crippen LogP contribution < -0.4 is 0 Å². The van der Waals surface area contributed by atoms with Crippen molar-refractivity contribution < 1.29 is 14.3 Å². The minimum atomic E-state index is -0.115. The molecule has 2 aromatic rings. The fourth-order valence-electron chi connectivity index (χ4n) is 5.00. The molecule has 4 rings (SSSR count). The minimum absolute atomic E-state index is 0.00291. The Balaban J connectivity index is 1.53. The lowest BCUT2D eigenvalue weighted by Gasteiger charge is -2.32. The van der Waals surface area contributed by atoms with Crippen molar-refractivity contribution >= 4 is 17.6 Å². The number of likely N-dealkylation sites (tertiary alicyclic amines) is 1. The lowest BCUT2D eigenvalue weighted by molar-refractivity contribution is -0.149. The molecule has 0 unspecified atom stereocenters. The van der Waals surface area contributed by atoms with E-state index in [0.717, 1.165) is 35.2 Å². The molecule has 0 saturated carbocycles. The number of carbonyl (C=O) groups excluding carboxylic acids is 2. The second-order valence-corrected chi connectivity index (χ2v) is 9.48. The van der Waals surface area contributed by atoms with Crippen molar-refractivity contribution in [3.63, 3.8) is 0 Å². The topological polar surface area (TPSA) is 62.2 Å². The van der Waals surface area contributed by atoms with Gasteiger partial charge >= 0.3 is 5.97 Å². The predicted octanol–water partition coefficient (Wildman–Crippen LogP) is 4.56. The zero-order valence-corrected chi connectivity index (χ0v) is 20.7. The largest absolute Gasteiger partial charge is 0.466 e. The van der Waals surface area contributed by atoms with Crippen molar-refractivity contribution in [1.29, 1.82) is 0 Å². The van der Waals surface area contributed by atoms with Crippen LogP contribution in [0.3, 0.4) is 0 Å². The second kappa shape index (κ2) is 10.5. The van der Waals surface area contributed by atoms with Gasteiger partial charge in [0.1, 0.15) is 0 Å². The summed E-state index contributed by atoms with van der Waals surface area (Å²) in [7, 11) is 0. The quantitative estimate of drug-likeness (QED) is 0.592. The molecular formula is C28H35N3O3. The highest BCUT2D eigenvalue weighted by Crippen LogP contribution is 2.35. The first-order valence-corrected chi connectivity index (χ1v) is 12.3. The maximum Gasteiger partial charge on any atom is 0.309 e. The SMILES string of the molecule is CCOC(=O)C1CCN(CC(=O)N2N=C(c3cc(C)ccc3C)C[C@@H]2c2ccccc2C)CC1. The smallest absolute Gasteiger partial charge is 0.309 e. The van der Waals surface area contributed by atoms with Crippen molar-refractivity contribution in [2.45, 2.75) is 53.0 Å². The third kappa shape index (κ3) is 5.22. The summed E-state index contributed by atoms with van der Waals surface area (Å²) in [5.74, 6) is -0.176. The van der Waals surface area contributed by atoms with Crippen molar-refractivity contribution in [3.05, 3.63) is 70.3 Å². The number of hydrogen-bond acceptors (Lipinski definition) is 5. The van der Waals surface area contributed by atoms with Crippen LogP contribution in [0.1, 0.15) is 60.0 Å². The van der Waals surface area contributed by atoms with E-state index in [4.69, 9.17) is 9.84 Å². The number of nitrogens with zero attached hydrogens (tertiary/aromatic N) is 3. The third-order valence-corrected chi connectivity index (χ3v) is 6.98. The van der Waals surface area contributed by atoms with Gasteiger partial charge < -0.3 is 4.74 Å². The highest BCUT2D eigenvalue weighted by atomic mass is 16.5. The zero-order valence-electron chi connectivity index (χ0n) is 20.7. The van der Waals surface area contributed by atoms with E-state index < -0.39 is 0 Å². The van der Waals surface area contributed by atoms with Gasteiger partial charge in [0, 0.05) is 12.0 Å². The van der Waals surface area contributed by atoms with Gasteiger partial charge in [-0.25, -0.2) is 5.01 Å². The third-order valence-electron chi connectivity index (χ3n) is 6.98. The fraction of sp³-hybridized carbons (Fsp3) is 0.464. The lowest BCUT2D eigenvalue weighted by Crippen LogP contribution is -2.43. The maximum absolute atomic E-state index is 13.5. The molecule has 1 fully saturated rings.